The fourth-order valence-corrected chi connectivity index (χ4v) is 5.83. The molecule has 10 heteroatoms. The van der Waals surface area contributed by atoms with Crippen molar-refractivity contribution in [3.8, 4) is 10.6 Å². The average molecular weight is 471 g/mol. The van der Waals surface area contributed by atoms with Crippen molar-refractivity contribution in [2.24, 2.45) is 11.7 Å². The predicted octanol–water partition coefficient (Wildman–Crippen LogP) is 1.50. The number of thiazole rings is 1. The van der Waals surface area contributed by atoms with E-state index in [0.29, 0.717) is 18.2 Å². The van der Waals surface area contributed by atoms with Gasteiger partial charge in [-0.3, -0.25) is 0 Å². The lowest BCUT2D eigenvalue weighted by molar-refractivity contribution is 0.00446. The fraction of sp³-hybridized carbons (Fsp3) is 0.522. The summed E-state index contributed by atoms with van der Waals surface area (Å²) in [6.07, 6.45) is 0.226. The Labute approximate surface area is 196 Å². The third kappa shape index (κ3) is 4.29. The van der Waals surface area contributed by atoms with Crippen LogP contribution < -0.4 is 16.0 Å². The summed E-state index contributed by atoms with van der Waals surface area (Å²) in [5.41, 5.74) is 8.58. The van der Waals surface area contributed by atoms with Gasteiger partial charge in [0.1, 0.15) is 16.9 Å². The van der Waals surface area contributed by atoms with Gasteiger partial charge in [0.15, 0.2) is 0 Å². The van der Waals surface area contributed by atoms with Gasteiger partial charge in [-0.25, -0.2) is 9.97 Å². The molecular weight excluding hydrogens is 440 g/mol. The van der Waals surface area contributed by atoms with Gasteiger partial charge in [0, 0.05) is 31.7 Å². The van der Waals surface area contributed by atoms with Gasteiger partial charge >= 0.3 is 0 Å². The van der Waals surface area contributed by atoms with Crippen LogP contribution >= 0.6 is 11.3 Å². The third-order valence-corrected chi connectivity index (χ3v) is 7.82. The van der Waals surface area contributed by atoms with E-state index in [1.54, 1.807) is 11.3 Å². The largest absolute Gasteiger partial charge is 0.396 e. The minimum atomic E-state index is -1.00. The van der Waals surface area contributed by atoms with Crippen molar-refractivity contribution in [2.75, 3.05) is 29.9 Å². The van der Waals surface area contributed by atoms with Crippen LogP contribution in [0.3, 0.4) is 0 Å². The predicted molar refractivity (Wildman–Crippen MR) is 129 cm³/mol. The van der Waals surface area contributed by atoms with E-state index in [4.69, 9.17) is 20.7 Å². The molecule has 2 aliphatic rings. The second-order valence-corrected chi connectivity index (χ2v) is 10.1. The zero-order valence-electron chi connectivity index (χ0n) is 18.6. The summed E-state index contributed by atoms with van der Waals surface area (Å²) in [6, 6.07) is 7.72. The Morgan fingerprint density at radius 2 is 1.88 bits per heavy atom. The highest BCUT2D eigenvalue weighted by Crippen LogP contribution is 2.38. The molecule has 1 aromatic carbocycles. The van der Waals surface area contributed by atoms with Crippen LogP contribution in [0.2, 0.25) is 0 Å². The Kier molecular flexibility index (Phi) is 6.19. The fourth-order valence-electron chi connectivity index (χ4n) is 4.76. The molecule has 2 aromatic heterocycles. The van der Waals surface area contributed by atoms with E-state index < -0.39 is 18.2 Å². The van der Waals surface area contributed by atoms with Crippen LogP contribution in [0.15, 0.2) is 24.3 Å². The normalized spacial score (nSPS) is 26.3. The number of aromatic nitrogens is 3. The average Bonchev–Trinajstić information content (AvgIpc) is 3.35. The summed E-state index contributed by atoms with van der Waals surface area (Å²) in [6.45, 7) is 3.35. The molecule has 1 aliphatic heterocycles. The molecule has 4 unspecified atom stereocenters. The molecule has 3 heterocycles. The maximum Gasteiger partial charge on any atom is 0.227 e. The first-order valence-corrected chi connectivity index (χ1v) is 12.2. The van der Waals surface area contributed by atoms with Gasteiger partial charge in [-0.2, -0.15) is 4.98 Å². The topological polar surface area (TPSA) is 141 Å². The van der Waals surface area contributed by atoms with Crippen molar-refractivity contribution in [3.63, 3.8) is 0 Å². The highest BCUT2D eigenvalue weighted by Gasteiger charge is 2.41. The first kappa shape index (κ1) is 22.4. The lowest BCUT2D eigenvalue weighted by atomic mass is 10.1. The van der Waals surface area contributed by atoms with Crippen molar-refractivity contribution >= 4 is 33.3 Å². The van der Waals surface area contributed by atoms with Crippen LogP contribution in [0.5, 0.6) is 0 Å². The maximum atomic E-state index is 10.6. The first-order valence-electron chi connectivity index (χ1n) is 11.4. The Morgan fingerprint density at radius 3 is 2.58 bits per heavy atom. The molecule has 0 spiro atoms. The van der Waals surface area contributed by atoms with Gasteiger partial charge in [0.2, 0.25) is 5.95 Å². The summed E-state index contributed by atoms with van der Waals surface area (Å²) in [5.74, 6) is 0.828. The molecule has 176 valence electrons. The summed E-state index contributed by atoms with van der Waals surface area (Å²) >= 11 is 1.57. The van der Waals surface area contributed by atoms with Crippen molar-refractivity contribution in [3.05, 3.63) is 30.0 Å². The lowest BCUT2D eigenvalue weighted by Crippen LogP contribution is -2.41. The van der Waals surface area contributed by atoms with Crippen LogP contribution in [-0.2, 0) is 0 Å². The van der Waals surface area contributed by atoms with Gasteiger partial charge in [-0.15, -0.1) is 11.3 Å². The van der Waals surface area contributed by atoms with Crippen molar-refractivity contribution in [1.29, 1.82) is 0 Å². The Balaban J connectivity index is 1.55. The van der Waals surface area contributed by atoms with Crippen LogP contribution in [0.4, 0.5) is 11.8 Å². The molecule has 33 heavy (non-hydrogen) atoms. The summed E-state index contributed by atoms with van der Waals surface area (Å²) in [5, 5.41) is 34.7. The number of para-hydroxylation sites is 1. The molecule has 0 bridgehead atoms. The molecule has 2 fully saturated rings. The standard InChI is InChI=1S/C23H30N6O3S/c1-12-18(22-27-15-4-2-3-5-17(15)33-22)21(26-16-10-13(11-30)19(31)20(16)32)28-23(25-12)29-8-6-14(24)7-9-29/h2-5,13-14,16,19-20,30-32H,6-11,24H2,1H3,(H,25,26,28). The van der Waals surface area contributed by atoms with Gasteiger partial charge in [-0.1, -0.05) is 12.1 Å². The zero-order valence-corrected chi connectivity index (χ0v) is 19.4. The second kappa shape index (κ2) is 9.11. The molecule has 4 atom stereocenters. The minimum Gasteiger partial charge on any atom is -0.396 e. The van der Waals surface area contributed by atoms with E-state index in [0.717, 1.165) is 52.4 Å². The number of nitrogens with one attached hydrogen (secondary N) is 1. The molecular formula is C23H30N6O3S. The third-order valence-electron chi connectivity index (χ3n) is 6.77. The van der Waals surface area contributed by atoms with E-state index in [1.165, 1.54) is 0 Å². The number of benzene rings is 1. The Hall–Kier alpha value is -2.37. The maximum absolute atomic E-state index is 10.6. The van der Waals surface area contributed by atoms with Gasteiger partial charge in [-0.05, 0) is 38.3 Å². The highest BCUT2D eigenvalue weighted by molar-refractivity contribution is 7.21. The van der Waals surface area contributed by atoms with Crippen LogP contribution in [0.1, 0.15) is 25.0 Å². The van der Waals surface area contributed by atoms with Crippen LogP contribution in [0, 0.1) is 12.8 Å². The van der Waals surface area contributed by atoms with Crippen molar-refractivity contribution in [2.45, 2.75) is 50.5 Å². The van der Waals surface area contributed by atoms with Gasteiger partial charge < -0.3 is 31.3 Å². The number of aryl methyl sites for hydroxylation is 1. The number of aliphatic hydroxyl groups excluding tert-OH is 3. The summed E-state index contributed by atoms with van der Waals surface area (Å²) in [7, 11) is 0. The lowest BCUT2D eigenvalue weighted by Gasteiger charge is -2.31. The molecule has 0 radical (unpaired) electrons. The molecule has 1 aliphatic carbocycles. The number of nitrogens with two attached hydrogens (primary N) is 1. The monoisotopic (exact) mass is 470 g/mol. The molecule has 9 nitrogen and oxygen atoms in total. The van der Waals surface area contributed by atoms with Crippen LogP contribution in [-0.4, -0.2) is 74.3 Å². The summed E-state index contributed by atoms with van der Waals surface area (Å²) < 4.78 is 1.07. The number of hydrogen-bond acceptors (Lipinski definition) is 10. The summed E-state index contributed by atoms with van der Waals surface area (Å²) in [4.78, 5) is 16.6. The van der Waals surface area contributed by atoms with E-state index in [2.05, 4.69) is 10.2 Å². The van der Waals surface area contributed by atoms with Crippen molar-refractivity contribution < 1.29 is 15.3 Å². The Morgan fingerprint density at radius 1 is 1.12 bits per heavy atom. The van der Waals surface area contributed by atoms with E-state index in [-0.39, 0.29) is 18.6 Å². The molecule has 1 saturated carbocycles. The molecule has 5 rings (SSSR count). The SMILES string of the molecule is Cc1nc(N2CCC(N)CC2)nc(NC2CC(CO)C(O)C2O)c1-c1nc2ccccc2s1. The number of fused-ring (bicyclic) bond motifs is 1. The number of anilines is 2. The smallest absolute Gasteiger partial charge is 0.227 e. The van der Waals surface area contributed by atoms with Gasteiger partial charge in [0.05, 0.1) is 33.6 Å². The second-order valence-electron chi connectivity index (χ2n) is 9.05. The Bertz CT molecular complexity index is 1100. The number of aliphatic hydroxyl groups is 3. The van der Waals surface area contributed by atoms with Gasteiger partial charge in [0.25, 0.3) is 0 Å². The minimum absolute atomic E-state index is 0.177. The van der Waals surface area contributed by atoms with Crippen molar-refractivity contribution in [1.82, 2.24) is 15.0 Å². The number of hydrogen-bond donors (Lipinski definition) is 5. The molecule has 6 N–H and O–H groups in total. The molecule has 0 amide bonds. The quantitative estimate of drug-likeness (QED) is 0.375. The first-order chi connectivity index (χ1) is 15.9. The number of rotatable bonds is 5. The molecule has 1 saturated heterocycles. The van der Waals surface area contributed by atoms with E-state index >= 15 is 0 Å². The number of nitrogens with zero attached hydrogens (tertiary/aromatic N) is 4. The van der Waals surface area contributed by atoms with E-state index in [9.17, 15) is 15.3 Å². The van der Waals surface area contributed by atoms with E-state index in [1.807, 2.05) is 31.2 Å². The highest BCUT2D eigenvalue weighted by atomic mass is 32.1. The van der Waals surface area contributed by atoms with Crippen LogP contribution in [0.25, 0.3) is 20.8 Å². The number of piperidine rings is 1. The zero-order chi connectivity index (χ0) is 23.1. The molecule has 3 aromatic rings.